The molecular formula is C9H7NO3. The van der Waals surface area contributed by atoms with E-state index in [9.17, 15) is 9.59 Å². The Morgan fingerprint density at radius 1 is 1.38 bits per heavy atom. The largest absolute Gasteiger partial charge is 0.469 e. The highest BCUT2D eigenvalue weighted by atomic mass is 16.3. The zero-order valence-electron chi connectivity index (χ0n) is 6.74. The fraction of sp³-hybridized carbons (Fsp3) is 0.111. The molecule has 0 saturated carbocycles. The lowest BCUT2D eigenvalue weighted by Crippen LogP contribution is -2.22. The van der Waals surface area contributed by atoms with Gasteiger partial charge in [0.2, 0.25) is 0 Å². The van der Waals surface area contributed by atoms with Gasteiger partial charge in [-0.15, -0.1) is 0 Å². The van der Waals surface area contributed by atoms with Crippen LogP contribution in [0, 0.1) is 0 Å². The van der Waals surface area contributed by atoms with Crippen LogP contribution < -0.4 is 5.32 Å². The average molecular weight is 177 g/mol. The Bertz CT molecular complexity index is 376. The first-order valence-corrected chi connectivity index (χ1v) is 3.84. The second-order valence-electron chi connectivity index (χ2n) is 2.74. The van der Waals surface area contributed by atoms with Crippen LogP contribution in [0.25, 0.3) is 0 Å². The Kier molecular flexibility index (Phi) is 1.73. The molecule has 2 amide bonds. The number of imide groups is 1. The van der Waals surface area contributed by atoms with Gasteiger partial charge in [-0.25, -0.2) is 0 Å². The Balaban J connectivity index is 2.15. The molecule has 4 heteroatoms. The van der Waals surface area contributed by atoms with Crippen LogP contribution in [0.4, 0.5) is 0 Å². The monoisotopic (exact) mass is 177 g/mol. The first kappa shape index (κ1) is 7.79. The lowest BCUT2D eigenvalue weighted by Gasteiger charge is -1.94. The minimum absolute atomic E-state index is 0.332. The number of carbonyl (C=O) groups is 2. The Morgan fingerprint density at radius 2 is 2.23 bits per heavy atom. The third-order valence-electron chi connectivity index (χ3n) is 1.78. The van der Waals surface area contributed by atoms with E-state index in [-0.39, 0.29) is 11.8 Å². The van der Waals surface area contributed by atoms with Crippen LogP contribution >= 0.6 is 0 Å². The van der Waals surface area contributed by atoms with Gasteiger partial charge >= 0.3 is 0 Å². The lowest BCUT2D eigenvalue weighted by atomic mass is 10.1. The van der Waals surface area contributed by atoms with Crippen molar-refractivity contribution >= 4 is 11.8 Å². The SMILES string of the molecule is O=C1C=C(Cc2ccco2)C(=O)N1. The maximum Gasteiger partial charge on any atom is 0.254 e. The van der Waals surface area contributed by atoms with Gasteiger partial charge in [-0.2, -0.15) is 0 Å². The van der Waals surface area contributed by atoms with Gasteiger partial charge in [0, 0.05) is 18.1 Å². The molecule has 13 heavy (non-hydrogen) atoms. The van der Waals surface area contributed by atoms with Gasteiger partial charge < -0.3 is 4.42 Å². The molecule has 4 nitrogen and oxygen atoms in total. The van der Waals surface area contributed by atoms with Crippen LogP contribution in [0.2, 0.25) is 0 Å². The van der Waals surface area contributed by atoms with Crippen molar-refractivity contribution in [2.24, 2.45) is 0 Å². The summed E-state index contributed by atoms with van der Waals surface area (Å²) < 4.78 is 5.05. The summed E-state index contributed by atoms with van der Waals surface area (Å²) in [4.78, 5) is 21.8. The Hall–Kier alpha value is -1.84. The van der Waals surface area contributed by atoms with Gasteiger partial charge in [0.1, 0.15) is 5.76 Å². The molecule has 0 atom stereocenters. The van der Waals surface area contributed by atoms with E-state index in [1.165, 1.54) is 12.3 Å². The summed E-state index contributed by atoms with van der Waals surface area (Å²) in [6, 6.07) is 3.50. The van der Waals surface area contributed by atoms with Crippen molar-refractivity contribution in [1.29, 1.82) is 0 Å². The maximum atomic E-state index is 11.1. The smallest absolute Gasteiger partial charge is 0.254 e. The summed E-state index contributed by atoms with van der Waals surface area (Å²) in [5.74, 6) is -0.0101. The minimum Gasteiger partial charge on any atom is -0.469 e. The molecule has 0 bridgehead atoms. The number of carbonyl (C=O) groups excluding carboxylic acids is 2. The van der Waals surface area contributed by atoms with Crippen molar-refractivity contribution in [3.63, 3.8) is 0 Å². The van der Waals surface area contributed by atoms with E-state index in [0.717, 1.165) is 0 Å². The van der Waals surface area contributed by atoms with E-state index < -0.39 is 0 Å². The van der Waals surface area contributed by atoms with E-state index in [0.29, 0.717) is 17.8 Å². The number of nitrogens with one attached hydrogen (secondary N) is 1. The highest BCUT2D eigenvalue weighted by Gasteiger charge is 2.21. The van der Waals surface area contributed by atoms with Crippen LogP contribution in [0.3, 0.4) is 0 Å². The summed E-state index contributed by atoms with van der Waals surface area (Å²) in [6.45, 7) is 0. The zero-order chi connectivity index (χ0) is 9.26. The summed E-state index contributed by atoms with van der Waals surface area (Å²) >= 11 is 0. The van der Waals surface area contributed by atoms with E-state index >= 15 is 0 Å². The number of amides is 2. The highest BCUT2D eigenvalue weighted by Crippen LogP contribution is 2.11. The van der Waals surface area contributed by atoms with Crippen LogP contribution in [0.5, 0.6) is 0 Å². The molecule has 0 saturated heterocycles. The van der Waals surface area contributed by atoms with Crippen molar-refractivity contribution in [2.45, 2.75) is 6.42 Å². The van der Waals surface area contributed by atoms with Gasteiger partial charge in [-0.05, 0) is 12.1 Å². The molecule has 0 aromatic carbocycles. The predicted molar refractivity (Wildman–Crippen MR) is 43.6 cm³/mol. The van der Waals surface area contributed by atoms with Crippen molar-refractivity contribution < 1.29 is 14.0 Å². The molecule has 2 heterocycles. The van der Waals surface area contributed by atoms with Crippen LogP contribution in [0.1, 0.15) is 5.76 Å². The molecule has 1 aliphatic rings. The van der Waals surface area contributed by atoms with Crippen molar-refractivity contribution in [2.75, 3.05) is 0 Å². The fourth-order valence-corrected chi connectivity index (χ4v) is 1.18. The molecule has 2 rings (SSSR count). The van der Waals surface area contributed by atoms with Gasteiger partial charge in [-0.1, -0.05) is 0 Å². The summed E-state index contributed by atoms with van der Waals surface area (Å²) in [7, 11) is 0. The van der Waals surface area contributed by atoms with Crippen LogP contribution in [0.15, 0.2) is 34.5 Å². The second kappa shape index (κ2) is 2.90. The van der Waals surface area contributed by atoms with E-state index in [1.54, 1.807) is 12.1 Å². The number of hydrogen-bond donors (Lipinski definition) is 1. The van der Waals surface area contributed by atoms with Crippen molar-refractivity contribution in [3.05, 3.63) is 35.8 Å². The number of furan rings is 1. The molecule has 1 aromatic rings. The fourth-order valence-electron chi connectivity index (χ4n) is 1.18. The highest BCUT2D eigenvalue weighted by molar-refractivity contribution is 6.16. The molecule has 0 fully saturated rings. The average Bonchev–Trinajstić information content (AvgIpc) is 2.63. The summed E-state index contributed by atoms with van der Waals surface area (Å²) in [5.41, 5.74) is 0.444. The van der Waals surface area contributed by atoms with Gasteiger partial charge in [-0.3, -0.25) is 14.9 Å². The molecule has 1 aromatic heterocycles. The molecule has 0 radical (unpaired) electrons. The third-order valence-corrected chi connectivity index (χ3v) is 1.78. The van der Waals surface area contributed by atoms with E-state index in [2.05, 4.69) is 5.32 Å². The van der Waals surface area contributed by atoms with E-state index in [4.69, 9.17) is 4.42 Å². The molecular weight excluding hydrogens is 170 g/mol. The van der Waals surface area contributed by atoms with E-state index in [1.807, 2.05) is 0 Å². The van der Waals surface area contributed by atoms with Gasteiger partial charge in [0.05, 0.1) is 6.26 Å². The Labute approximate surface area is 74.2 Å². The Morgan fingerprint density at radius 3 is 2.77 bits per heavy atom. The normalized spacial score (nSPS) is 15.8. The maximum absolute atomic E-state index is 11.1. The topological polar surface area (TPSA) is 59.3 Å². The quantitative estimate of drug-likeness (QED) is 0.665. The first-order valence-electron chi connectivity index (χ1n) is 3.84. The molecule has 1 N–H and O–H groups in total. The van der Waals surface area contributed by atoms with Gasteiger partial charge in [0.25, 0.3) is 11.8 Å². The summed E-state index contributed by atoms with van der Waals surface area (Å²) in [6.07, 6.45) is 3.19. The minimum atomic E-state index is -0.355. The molecule has 1 aliphatic heterocycles. The zero-order valence-corrected chi connectivity index (χ0v) is 6.74. The molecule has 66 valence electrons. The molecule has 0 spiro atoms. The third kappa shape index (κ3) is 1.51. The van der Waals surface area contributed by atoms with Crippen LogP contribution in [-0.4, -0.2) is 11.8 Å². The first-order chi connectivity index (χ1) is 6.25. The summed E-state index contributed by atoms with van der Waals surface area (Å²) in [5, 5.41) is 2.17. The second-order valence-corrected chi connectivity index (χ2v) is 2.74. The van der Waals surface area contributed by atoms with Gasteiger partial charge in [0.15, 0.2) is 0 Å². The predicted octanol–water partition coefficient (Wildman–Crippen LogP) is 0.405. The van der Waals surface area contributed by atoms with Crippen molar-refractivity contribution in [1.82, 2.24) is 5.32 Å². The number of hydrogen-bond acceptors (Lipinski definition) is 3. The van der Waals surface area contributed by atoms with Crippen LogP contribution in [-0.2, 0) is 16.0 Å². The van der Waals surface area contributed by atoms with Crippen molar-refractivity contribution in [3.8, 4) is 0 Å². The number of rotatable bonds is 2. The standard InChI is InChI=1S/C9H7NO3/c11-8-5-6(9(12)10-8)4-7-2-1-3-13-7/h1-3,5H,4H2,(H,10,11,12). The molecule has 0 unspecified atom stereocenters. The lowest BCUT2D eigenvalue weighted by molar-refractivity contribution is -0.123. The molecule has 0 aliphatic carbocycles.